The molecule has 1 aliphatic carbocycles. The zero-order valence-corrected chi connectivity index (χ0v) is 7.42. The molecule has 0 atom stereocenters. The molecule has 1 saturated carbocycles. The summed E-state index contributed by atoms with van der Waals surface area (Å²) in [6.07, 6.45) is 3.68. The van der Waals surface area contributed by atoms with E-state index in [0.29, 0.717) is 6.54 Å². The van der Waals surface area contributed by atoms with E-state index in [0.717, 1.165) is 18.9 Å². The molecule has 1 rings (SSSR count). The van der Waals surface area contributed by atoms with Gasteiger partial charge in [0.25, 0.3) is 0 Å². The highest BCUT2D eigenvalue weighted by Gasteiger charge is 2.22. The van der Waals surface area contributed by atoms with Gasteiger partial charge in [-0.1, -0.05) is 12.8 Å². The molecule has 2 N–H and O–H groups in total. The van der Waals surface area contributed by atoms with Crippen LogP contribution in [0.4, 0.5) is 4.79 Å². The molecule has 0 heterocycles. The first kappa shape index (κ1) is 9.32. The van der Waals surface area contributed by atoms with Crippen LogP contribution in [0.2, 0.25) is 0 Å². The topological polar surface area (TPSA) is 52.6 Å². The van der Waals surface area contributed by atoms with Crippen LogP contribution in [0, 0.1) is 5.92 Å². The monoisotopic (exact) mass is 172 g/mol. The van der Waals surface area contributed by atoms with Crippen molar-refractivity contribution < 1.29 is 10.0 Å². The van der Waals surface area contributed by atoms with E-state index in [-0.39, 0.29) is 0 Å². The summed E-state index contributed by atoms with van der Waals surface area (Å²) in [6.45, 7) is 3.31. The second-order valence-electron chi connectivity index (χ2n) is 3.23. The van der Waals surface area contributed by atoms with Gasteiger partial charge in [0, 0.05) is 13.1 Å². The van der Waals surface area contributed by atoms with Crippen molar-refractivity contribution in [1.82, 2.24) is 10.4 Å². The molecular formula is C8H16N2O2. The number of carbonyl (C=O) groups excluding carboxylic acids is 1. The Morgan fingerprint density at radius 3 is 2.75 bits per heavy atom. The summed E-state index contributed by atoms with van der Waals surface area (Å²) < 4.78 is 0. The smallest absolute Gasteiger partial charge is 0.323 e. The molecule has 0 aromatic carbocycles. The first-order chi connectivity index (χ1) is 5.77. The molecule has 0 radical (unpaired) electrons. The Morgan fingerprint density at radius 2 is 2.33 bits per heavy atom. The third-order valence-corrected chi connectivity index (χ3v) is 2.27. The summed E-state index contributed by atoms with van der Waals surface area (Å²) in [5, 5.41) is 8.38. The molecule has 0 aliphatic heterocycles. The quantitative estimate of drug-likeness (QED) is 0.494. The van der Waals surface area contributed by atoms with E-state index in [1.54, 1.807) is 10.4 Å². The molecule has 0 aromatic heterocycles. The van der Waals surface area contributed by atoms with E-state index >= 15 is 0 Å². The zero-order valence-electron chi connectivity index (χ0n) is 7.42. The number of amides is 2. The highest BCUT2D eigenvalue weighted by Crippen LogP contribution is 2.32. The second kappa shape index (κ2) is 4.30. The van der Waals surface area contributed by atoms with E-state index in [1.807, 2.05) is 6.92 Å². The van der Waals surface area contributed by atoms with E-state index in [2.05, 4.69) is 0 Å². The van der Waals surface area contributed by atoms with Crippen molar-refractivity contribution in [3.63, 3.8) is 0 Å². The third-order valence-electron chi connectivity index (χ3n) is 2.27. The molecule has 2 amide bonds. The molecule has 0 bridgehead atoms. The number of carbonyl (C=O) groups is 1. The van der Waals surface area contributed by atoms with Crippen LogP contribution < -0.4 is 5.48 Å². The SMILES string of the molecule is CCN(CCC1CC1)C(=O)NO. The zero-order chi connectivity index (χ0) is 8.97. The lowest BCUT2D eigenvalue weighted by molar-refractivity contribution is 0.130. The summed E-state index contributed by atoms with van der Waals surface area (Å²) in [5.41, 5.74) is 1.65. The number of hydrogen-bond donors (Lipinski definition) is 2. The first-order valence-electron chi connectivity index (χ1n) is 4.47. The average Bonchev–Trinajstić information content (AvgIpc) is 2.88. The molecule has 0 unspecified atom stereocenters. The maximum absolute atomic E-state index is 10.9. The number of nitrogens with one attached hydrogen (secondary N) is 1. The van der Waals surface area contributed by atoms with Crippen LogP contribution >= 0.6 is 0 Å². The fraction of sp³-hybridized carbons (Fsp3) is 0.875. The molecule has 0 spiro atoms. The average molecular weight is 172 g/mol. The Hall–Kier alpha value is -0.770. The Balaban J connectivity index is 2.18. The maximum atomic E-state index is 10.9. The normalized spacial score (nSPS) is 15.8. The Labute approximate surface area is 72.5 Å². The first-order valence-corrected chi connectivity index (χ1v) is 4.47. The van der Waals surface area contributed by atoms with Gasteiger partial charge in [0.15, 0.2) is 0 Å². The predicted octanol–water partition coefficient (Wildman–Crippen LogP) is 1.21. The van der Waals surface area contributed by atoms with Gasteiger partial charge in [-0.25, -0.2) is 10.3 Å². The van der Waals surface area contributed by atoms with E-state index in [9.17, 15) is 4.79 Å². The summed E-state index contributed by atoms with van der Waals surface area (Å²) in [4.78, 5) is 12.6. The number of hydroxylamine groups is 1. The van der Waals surface area contributed by atoms with Crippen molar-refractivity contribution in [3.05, 3.63) is 0 Å². The largest absolute Gasteiger partial charge is 0.341 e. The lowest BCUT2D eigenvalue weighted by atomic mass is 10.3. The van der Waals surface area contributed by atoms with Gasteiger partial charge in [-0.2, -0.15) is 0 Å². The molecule has 0 saturated heterocycles. The van der Waals surface area contributed by atoms with Gasteiger partial charge in [0.1, 0.15) is 0 Å². The number of hydrogen-bond acceptors (Lipinski definition) is 2. The van der Waals surface area contributed by atoms with Crippen molar-refractivity contribution in [3.8, 4) is 0 Å². The summed E-state index contributed by atoms with van der Waals surface area (Å²) >= 11 is 0. The molecule has 4 heteroatoms. The van der Waals surface area contributed by atoms with Gasteiger partial charge < -0.3 is 4.90 Å². The standard InChI is InChI=1S/C8H16N2O2/c1-2-10(8(11)9-12)6-5-7-3-4-7/h7,12H,2-6H2,1H3,(H,9,11). The lowest BCUT2D eigenvalue weighted by Gasteiger charge is -2.18. The highest BCUT2D eigenvalue weighted by atomic mass is 16.5. The molecule has 1 fully saturated rings. The van der Waals surface area contributed by atoms with Crippen LogP contribution in [0.5, 0.6) is 0 Å². The summed E-state index contributed by atoms with van der Waals surface area (Å²) in [7, 11) is 0. The van der Waals surface area contributed by atoms with Crippen molar-refractivity contribution in [2.24, 2.45) is 5.92 Å². The van der Waals surface area contributed by atoms with Crippen molar-refractivity contribution in [2.75, 3.05) is 13.1 Å². The fourth-order valence-electron chi connectivity index (χ4n) is 1.22. The van der Waals surface area contributed by atoms with Gasteiger partial charge in [-0.05, 0) is 19.3 Å². The number of nitrogens with zero attached hydrogens (tertiary/aromatic N) is 1. The van der Waals surface area contributed by atoms with E-state index < -0.39 is 6.03 Å². The molecule has 1 aliphatic rings. The molecule has 70 valence electrons. The van der Waals surface area contributed by atoms with Crippen LogP contribution in [0.3, 0.4) is 0 Å². The summed E-state index contributed by atoms with van der Waals surface area (Å²) in [5.74, 6) is 0.825. The van der Waals surface area contributed by atoms with Gasteiger partial charge in [0.2, 0.25) is 0 Å². The van der Waals surface area contributed by atoms with Crippen LogP contribution in [0.25, 0.3) is 0 Å². The minimum absolute atomic E-state index is 0.391. The van der Waals surface area contributed by atoms with Crippen LogP contribution in [0.15, 0.2) is 0 Å². The highest BCUT2D eigenvalue weighted by molar-refractivity contribution is 5.72. The van der Waals surface area contributed by atoms with Crippen molar-refractivity contribution in [2.45, 2.75) is 26.2 Å². The van der Waals surface area contributed by atoms with E-state index in [4.69, 9.17) is 5.21 Å². The molecule has 4 nitrogen and oxygen atoms in total. The van der Waals surface area contributed by atoms with Gasteiger partial charge in [-0.3, -0.25) is 5.21 Å². The molecular weight excluding hydrogens is 156 g/mol. The van der Waals surface area contributed by atoms with Crippen LogP contribution in [-0.4, -0.2) is 29.2 Å². The van der Waals surface area contributed by atoms with Gasteiger partial charge in [-0.15, -0.1) is 0 Å². The van der Waals surface area contributed by atoms with Crippen molar-refractivity contribution >= 4 is 6.03 Å². The maximum Gasteiger partial charge on any atom is 0.341 e. The minimum Gasteiger partial charge on any atom is -0.323 e. The predicted molar refractivity (Wildman–Crippen MR) is 44.9 cm³/mol. The van der Waals surface area contributed by atoms with Gasteiger partial charge >= 0.3 is 6.03 Å². The van der Waals surface area contributed by atoms with Crippen molar-refractivity contribution in [1.29, 1.82) is 0 Å². The third kappa shape index (κ3) is 2.70. The Kier molecular flexibility index (Phi) is 3.34. The lowest BCUT2D eigenvalue weighted by Crippen LogP contribution is -2.38. The Morgan fingerprint density at radius 1 is 1.67 bits per heavy atom. The second-order valence-corrected chi connectivity index (χ2v) is 3.23. The number of rotatable bonds is 4. The molecule has 0 aromatic rings. The van der Waals surface area contributed by atoms with E-state index in [1.165, 1.54) is 12.8 Å². The van der Waals surface area contributed by atoms with Gasteiger partial charge in [0.05, 0.1) is 0 Å². The summed E-state index contributed by atoms with van der Waals surface area (Å²) in [6, 6.07) is -0.391. The minimum atomic E-state index is -0.391. The fourth-order valence-corrected chi connectivity index (χ4v) is 1.22. The molecule has 12 heavy (non-hydrogen) atoms. The Bertz CT molecular complexity index is 157. The number of urea groups is 1. The van der Waals surface area contributed by atoms with Crippen LogP contribution in [0.1, 0.15) is 26.2 Å². The van der Waals surface area contributed by atoms with Crippen LogP contribution in [-0.2, 0) is 0 Å².